The molecule has 0 aromatic heterocycles. The van der Waals surface area contributed by atoms with Crippen molar-refractivity contribution in [2.75, 3.05) is 0 Å². The van der Waals surface area contributed by atoms with Crippen LogP contribution in [0.5, 0.6) is 0 Å². The van der Waals surface area contributed by atoms with Gasteiger partial charge in [-0.2, -0.15) is 0 Å². The number of aryl methyl sites for hydroxylation is 1. The first-order chi connectivity index (χ1) is 23.2. The molecule has 0 atom stereocenters. The molecule has 0 aliphatic heterocycles. The van der Waals surface area contributed by atoms with Gasteiger partial charge >= 0.3 is 0 Å². The number of benzene rings is 9. The van der Waals surface area contributed by atoms with Crippen LogP contribution in [0.4, 0.5) is 0 Å². The molecule has 0 aliphatic rings. The van der Waals surface area contributed by atoms with Crippen LogP contribution in [0.2, 0.25) is 0 Å². The molecule has 0 unspecified atom stereocenters. The lowest BCUT2D eigenvalue weighted by atomic mass is 9.90. The van der Waals surface area contributed by atoms with Gasteiger partial charge in [-0.15, -0.1) is 0 Å². The molecule has 0 bridgehead atoms. The van der Waals surface area contributed by atoms with Crippen molar-refractivity contribution in [2.24, 2.45) is 0 Å². The lowest BCUT2D eigenvalue weighted by molar-refractivity contribution is 1.46. The highest BCUT2D eigenvalue weighted by atomic mass is 14.2. The Bertz CT molecular complexity index is 2600. The average Bonchev–Trinajstić information content (AvgIpc) is 3.14. The quantitative estimate of drug-likeness (QED) is 0.177. The van der Waals surface area contributed by atoms with Crippen molar-refractivity contribution in [3.63, 3.8) is 0 Å². The second kappa shape index (κ2) is 11.1. The summed E-state index contributed by atoms with van der Waals surface area (Å²) in [5, 5.41) is 10.4. The molecule has 9 rings (SSSR count). The van der Waals surface area contributed by atoms with Crippen molar-refractivity contribution >= 4 is 43.1 Å². The predicted octanol–water partition coefficient (Wildman–Crippen LogP) is 13.3. The van der Waals surface area contributed by atoms with E-state index in [9.17, 15) is 0 Å². The van der Waals surface area contributed by atoms with Crippen LogP contribution in [0.15, 0.2) is 176 Å². The molecule has 0 nitrogen and oxygen atoms in total. The van der Waals surface area contributed by atoms with Gasteiger partial charge in [0.25, 0.3) is 0 Å². The van der Waals surface area contributed by atoms with Crippen molar-refractivity contribution in [1.82, 2.24) is 0 Å². The van der Waals surface area contributed by atoms with Crippen LogP contribution in [-0.4, -0.2) is 0 Å². The smallest absolute Gasteiger partial charge is 0.00928 e. The van der Waals surface area contributed by atoms with Crippen molar-refractivity contribution in [3.8, 4) is 44.5 Å². The fourth-order valence-electron chi connectivity index (χ4n) is 7.43. The number of hydrogen-bond donors (Lipinski definition) is 0. The molecular weight excluding hydrogens is 565 g/mol. The van der Waals surface area contributed by atoms with E-state index >= 15 is 0 Å². The van der Waals surface area contributed by atoms with Gasteiger partial charge in [-0.3, -0.25) is 0 Å². The van der Waals surface area contributed by atoms with E-state index in [4.69, 9.17) is 0 Å². The minimum absolute atomic E-state index is 1.22. The van der Waals surface area contributed by atoms with Gasteiger partial charge in [0, 0.05) is 0 Å². The lowest BCUT2D eigenvalue weighted by Gasteiger charge is -2.13. The fraction of sp³-hybridized carbons (Fsp3) is 0.0213. The summed E-state index contributed by atoms with van der Waals surface area (Å²) < 4.78 is 0. The molecular formula is C47H32. The molecule has 9 aromatic rings. The lowest BCUT2D eigenvalue weighted by Crippen LogP contribution is -1.88. The predicted molar refractivity (Wildman–Crippen MR) is 203 cm³/mol. The Balaban J connectivity index is 1.13. The van der Waals surface area contributed by atoms with Crippen LogP contribution in [0.3, 0.4) is 0 Å². The van der Waals surface area contributed by atoms with E-state index < -0.39 is 0 Å². The van der Waals surface area contributed by atoms with E-state index in [2.05, 4.69) is 183 Å². The summed E-state index contributed by atoms with van der Waals surface area (Å²) in [5.41, 5.74) is 11.1. The van der Waals surface area contributed by atoms with Gasteiger partial charge in [-0.1, -0.05) is 152 Å². The zero-order chi connectivity index (χ0) is 31.3. The molecule has 0 saturated heterocycles. The minimum Gasteiger partial charge on any atom is -0.0616 e. The maximum atomic E-state index is 2.38. The second-order valence-corrected chi connectivity index (χ2v) is 12.6. The number of hydrogen-bond acceptors (Lipinski definition) is 0. The van der Waals surface area contributed by atoms with E-state index in [1.54, 1.807) is 0 Å². The Morgan fingerprint density at radius 2 is 0.681 bits per heavy atom. The fourth-order valence-corrected chi connectivity index (χ4v) is 7.43. The molecule has 0 aliphatic carbocycles. The third-order valence-electron chi connectivity index (χ3n) is 9.65. The summed E-state index contributed by atoms with van der Waals surface area (Å²) in [7, 11) is 0. The van der Waals surface area contributed by atoms with Crippen molar-refractivity contribution in [3.05, 3.63) is 181 Å². The van der Waals surface area contributed by atoms with Gasteiger partial charge in [0.05, 0.1) is 0 Å². The summed E-state index contributed by atoms with van der Waals surface area (Å²) in [5.74, 6) is 0. The Kier molecular flexibility index (Phi) is 6.47. The van der Waals surface area contributed by atoms with E-state index in [-0.39, 0.29) is 0 Å². The molecule has 0 N–H and O–H groups in total. The molecule has 0 amide bonds. The van der Waals surface area contributed by atoms with Crippen molar-refractivity contribution in [1.29, 1.82) is 0 Å². The largest absolute Gasteiger partial charge is 0.0616 e. The van der Waals surface area contributed by atoms with Crippen LogP contribution in [0.1, 0.15) is 5.56 Å². The normalized spacial score (nSPS) is 11.5. The highest BCUT2D eigenvalue weighted by Crippen LogP contribution is 2.38. The Morgan fingerprint density at radius 3 is 1.34 bits per heavy atom. The van der Waals surface area contributed by atoms with Gasteiger partial charge in [0.15, 0.2) is 0 Å². The third-order valence-corrected chi connectivity index (χ3v) is 9.65. The third kappa shape index (κ3) is 4.78. The summed E-state index contributed by atoms with van der Waals surface area (Å²) in [4.78, 5) is 0. The first-order valence-electron chi connectivity index (χ1n) is 16.3. The molecule has 0 spiro atoms. The second-order valence-electron chi connectivity index (χ2n) is 12.6. The van der Waals surface area contributed by atoms with E-state index in [0.717, 1.165) is 0 Å². The van der Waals surface area contributed by atoms with Gasteiger partial charge in [-0.05, 0) is 124 Å². The summed E-state index contributed by atoms with van der Waals surface area (Å²) in [6.45, 7) is 2.20. The topological polar surface area (TPSA) is 0 Å². The number of rotatable bonds is 4. The SMILES string of the molecule is Cc1cc(-c2cccc(-c3ccc4c5ccccc5c5ccccc5c4c3)c2)cc(-c2cccc(-c3cccc4ccccc34)c2)c1. The zero-order valence-electron chi connectivity index (χ0n) is 26.2. The van der Waals surface area contributed by atoms with Crippen LogP contribution in [0, 0.1) is 6.92 Å². The molecule has 0 heterocycles. The average molecular weight is 597 g/mol. The summed E-state index contributed by atoms with van der Waals surface area (Å²) in [6.07, 6.45) is 0. The van der Waals surface area contributed by atoms with Crippen LogP contribution < -0.4 is 0 Å². The highest BCUT2D eigenvalue weighted by Gasteiger charge is 2.12. The molecule has 0 heteroatoms. The van der Waals surface area contributed by atoms with Crippen LogP contribution in [0.25, 0.3) is 87.6 Å². The van der Waals surface area contributed by atoms with Gasteiger partial charge in [-0.25, -0.2) is 0 Å². The van der Waals surface area contributed by atoms with Gasteiger partial charge in [0.2, 0.25) is 0 Å². The van der Waals surface area contributed by atoms with Crippen LogP contribution in [-0.2, 0) is 0 Å². The molecule has 9 aromatic carbocycles. The first-order valence-corrected chi connectivity index (χ1v) is 16.3. The molecule has 47 heavy (non-hydrogen) atoms. The molecule has 0 fully saturated rings. The Hall–Kier alpha value is -5.98. The molecule has 0 saturated carbocycles. The van der Waals surface area contributed by atoms with Gasteiger partial charge < -0.3 is 0 Å². The minimum atomic E-state index is 1.22. The van der Waals surface area contributed by atoms with E-state index in [1.165, 1.54) is 93.2 Å². The Morgan fingerprint density at radius 1 is 0.255 bits per heavy atom. The monoisotopic (exact) mass is 596 g/mol. The van der Waals surface area contributed by atoms with Crippen molar-refractivity contribution in [2.45, 2.75) is 6.92 Å². The maximum absolute atomic E-state index is 2.38. The summed E-state index contributed by atoms with van der Waals surface area (Å²) >= 11 is 0. The number of fused-ring (bicyclic) bond motifs is 7. The van der Waals surface area contributed by atoms with Crippen molar-refractivity contribution < 1.29 is 0 Å². The highest BCUT2D eigenvalue weighted by molar-refractivity contribution is 6.25. The van der Waals surface area contributed by atoms with E-state index in [0.29, 0.717) is 0 Å². The standard InChI is InChI=1S/C47H32/c1-31-25-38(29-39(26-31)35-15-9-16-37(28-35)41-22-10-12-32-11-2-3-17-40(32)41)34-14-8-13-33(27-34)36-23-24-46-44-20-5-4-18-42(44)43-19-6-7-21-45(43)47(46)30-36/h2-30H,1H3. The molecule has 220 valence electrons. The summed E-state index contributed by atoms with van der Waals surface area (Å²) in [6, 6.07) is 64.7. The van der Waals surface area contributed by atoms with Gasteiger partial charge in [0.1, 0.15) is 0 Å². The Labute approximate surface area is 275 Å². The first kappa shape index (κ1) is 27.3. The maximum Gasteiger partial charge on any atom is -0.00928 e. The van der Waals surface area contributed by atoms with E-state index in [1.807, 2.05) is 0 Å². The zero-order valence-corrected chi connectivity index (χ0v) is 26.2. The van der Waals surface area contributed by atoms with Crippen LogP contribution >= 0.6 is 0 Å². The molecule has 0 radical (unpaired) electrons.